The van der Waals surface area contributed by atoms with Crippen molar-refractivity contribution in [3.63, 3.8) is 0 Å². The van der Waals surface area contributed by atoms with Crippen molar-refractivity contribution in [3.8, 4) is 17.1 Å². The lowest BCUT2D eigenvalue weighted by Crippen LogP contribution is -2.40. The number of benzene rings is 1. The molecule has 0 bridgehead atoms. The van der Waals surface area contributed by atoms with Gasteiger partial charge < -0.3 is 35.3 Å². The highest BCUT2D eigenvalue weighted by Crippen LogP contribution is 2.35. The van der Waals surface area contributed by atoms with Gasteiger partial charge in [0.2, 0.25) is 0 Å². The van der Waals surface area contributed by atoms with Crippen molar-refractivity contribution < 1.29 is 19.7 Å². The minimum Gasteiger partial charge on any atom is -0.512 e. The van der Waals surface area contributed by atoms with Crippen LogP contribution in [0.25, 0.3) is 17.0 Å². The first-order valence-electron chi connectivity index (χ1n) is 12.0. The van der Waals surface area contributed by atoms with E-state index in [4.69, 9.17) is 36.5 Å². The van der Waals surface area contributed by atoms with Crippen molar-refractivity contribution in [3.05, 3.63) is 40.2 Å². The number of ether oxygens (including phenoxy) is 2. The van der Waals surface area contributed by atoms with Gasteiger partial charge >= 0.3 is 0 Å². The third-order valence-corrected chi connectivity index (χ3v) is 6.50. The molecule has 2 aromatic rings. The van der Waals surface area contributed by atoms with Crippen molar-refractivity contribution in [1.82, 2.24) is 15.3 Å². The van der Waals surface area contributed by atoms with E-state index in [-0.39, 0.29) is 24.2 Å². The van der Waals surface area contributed by atoms with Gasteiger partial charge in [0.1, 0.15) is 30.0 Å². The number of anilines is 1. The van der Waals surface area contributed by atoms with Crippen molar-refractivity contribution in [2.24, 2.45) is 0 Å². The van der Waals surface area contributed by atoms with E-state index in [1.54, 1.807) is 46.2 Å². The predicted octanol–water partition coefficient (Wildman–Crippen LogP) is 4.01. The summed E-state index contributed by atoms with van der Waals surface area (Å²) in [7, 11) is 3.47. The number of halogens is 1. The first kappa shape index (κ1) is 27.9. The number of methoxy groups -OCH3 is 1. The molecule has 0 saturated carbocycles. The van der Waals surface area contributed by atoms with Crippen LogP contribution in [0.1, 0.15) is 37.9 Å². The van der Waals surface area contributed by atoms with Crippen LogP contribution in [-0.4, -0.2) is 78.5 Å². The topological polar surface area (TPSA) is 124 Å². The minimum absolute atomic E-state index is 0.0105. The molecule has 3 rings (SSSR count). The number of nitrogens with one attached hydrogen (secondary N) is 2. The number of aromatic nitrogens is 2. The first-order valence-corrected chi connectivity index (χ1v) is 12.4. The van der Waals surface area contributed by atoms with E-state index in [2.05, 4.69) is 10.2 Å². The zero-order chi connectivity index (χ0) is 26.4. The molecule has 4 N–H and O–H groups in total. The zero-order valence-corrected chi connectivity index (χ0v) is 22.3. The molecular weight excluding hydrogens is 482 g/mol. The molecule has 2 heterocycles. The highest BCUT2D eigenvalue weighted by molar-refractivity contribution is 6.33. The number of hydrogen-bond donors (Lipinski definition) is 4. The summed E-state index contributed by atoms with van der Waals surface area (Å²) in [6.45, 7) is 7.07. The average molecular weight is 518 g/mol. The van der Waals surface area contributed by atoms with Gasteiger partial charge in [0, 0.05) is 43.6 Å². The number of aliphatic hydroxyl groups is 2. The number of rotatable bonds is 10. The summed E-state index contributed by atoms with van der Waals surface area (Å²) in [6, 6.07) is 5.18. The van der Waals surface area contributed by atoms with Gasteiger partial charge in [-0.25, -0.2) is 9.97 Å². The van der Waals surface area contributed by atoms with Gasteiger partial charge in [-0.1, -0.05) is 11.6 Å². The molecule has 0 radical (unpaired) electrons. The van der Waals surface area contributed by atoms with Gasteiger partial charge in [-0.15, -0.1) is 0 Å². The van der Waals surface area contributed by atoms with Crippen LogP contribution in [0.2, 0.25) is 5.02 Å². The highest BCUT2D eigenvalue weighted by atomic mass is 35.5. The van der Waals surface area contributed by atoms with Crippen molar-refractivity contribution in [1.29, 1.82) is 5.41 Å². The van der Waals surface area contributed by atoms with Crippen LogP contribution in [-0.2, 0) is 4.74 Å². The Bertz CT molecular complexity index is 1120. The summed E-state index contributed by atoms with van der Waals surface area (Å²) in [5.41, 5.74) is 2.36. The van der Waals surface area contributed by atoms with Crippen LogP contribution >= 0.6 is 11.6 Å². The molecular formula is C26H36ClN5O4. The third kappa shape index (κ3) is 6.53. The quantitative estimate of drug-likeness (QED) is 0.275. The lowest BCUT2D eigenvalue weighted by molar-refractivity contribution is 0.0891. The molecule has 0 aliphatic carbocycles. The van der Waals surface area contributed by atoms with Crippen molar-refractivity contribution in [2.75, 3.05) is 45.3 Å². The van der Waals surface area contributed by atoms with Crippen molar-refractivity contribution in [2.45, 2.75) is 45.8 Å². The molecule has 1 aromatic carbocycles. The fourth-order valence-electron chi connectivity index (χ4n) is 4.37. The molecule has 10 heteroatoms. The van der Waals surface area contributed by atoms with E-state index in [1.807, 2.05) is 6.92 Å². The first-order chi connectivity index (χ1) is 17.2. The molecule has 2 atom stereocenters. The third-order valence-electron chi connectivity index (χ3n) is 6.17. The lowest BCUT2D eigenvalue weighted by atomic mass is 10.0. The Balaban J connectivity index is 2.13. The van der Waals surface area contributed by atoms with E-state index < -0.39 is 6.10 Å². The molecule has 1 aliphatic heterocycles. The van der Waals surface area contributed by atoms with Crippen LogP contribution in [0.5, 0.6) is 5.75 Å². The maximum atomic E-state index is 10.4. The fourth-order valence-corrected chi connectivity index (χ4v) is 4.57. The normalized spacial score (nSPS) is 17.5. The fraction of sp³-hybridized carbons (Fsp3) is 0.500. The van der Waals surface area contributed by atoms with Gasteiger partial charge in [0.15, 0.2) is 5.82 Å². The molecule has 0 spiro atoms. The van der Waals surface area contributed by atoms with Crippen LogP contribution in [0, 0.1) is 12.3 Å². The molecule has 36 heavy (non-hydrogen) atoms. The molecule has 1 unspecified atom stereocenters. The Labute approximate surface area is 217 Å². The number of aliphatic hydroxyl groups excluding tert-OH is 2. The summed E-state index contributed by atoms with van der Waals surface area (Å²) < 4.78 is 11.4. The number of piperidine rings is 1. The van der Waals surface area contributed by atoms with Crippen molar-refractivity contribution >= 4 is 28.7 Å². The molecule has 196 valence electrons. The van der Waals surface area contributed by atoms with Gasteiger partial charge in [0.25, 0.3) is 0 Å². The van der Waals surface area contributed by atoms with Gasteiger partial charge in [-0.3, -0.25) is 0 Å². The molecule has 0 amide bonds. The largest absolute Gasteiger partial charge is 0.512 e. The number of nitrogens with zero attached hydrogens (tertiary/aromatic N) is 3. The smallest absolute Gasteiger partial charge is 0.163 e. The molecule has 1 saturated heterocycles. The van der Waals surface area contributed by atoms with E-state index in [1.165, 1.54) is 0 Å². The van der Waals surface area contributed by atoms with Crippen LogP contribution in [0.15, 0.2) is 24.0 Å². The monoisotopic (exact) mass is 517 g/mol. The zero-order valence-electron chi connectivity index (χ0n) is 21.6. The van der Waals surface area contributed by atoms with Gasteiger partial charge in [-0.2, -0.15) is 0 Å². The number of allylic oxidation sites excluding steroid dienone is 2. The minimum atomic E-state index is -0.661. The van der Waals surface area contributed by atoms with Crippen LogP contribution < -0.4 is 15.0 Å². The Morgan fingerprint density at radius 1 is 1.33 bits per heavy atom. The SMILES string of the molecule is CNC[C@@H](O)COc1ccc(Cl)c(-c2nc(/C(C(C)=N)=C(\C)O)c(C)c(N3CCCC(OC)C3)n2)c1. The van der Waals surface area contributed by atoms with Gasteiger partial charge in [0.05, 0.1) is 22.4 Å². The Morgan fingerprint density at radius 2 is 2.08 bits per heavy atom. The summed E-state index contributed by atoms with van der Waals surface area (Å²) >= 11 is 6.59. The lowest BCUT2D eigenvalue weighted by Gasteiger charge is -2.34. The van der Waals surface area contributed by atoms with Gasteiger partial charge in [-0.05, 0) is 58.9 Å². The van der Waals surface area contributed by atoms with E-state index in [0.717, 1.165) is 24.9 Å². The molecule has 1 fully saturated rings. The summed E-state index contributed by atoms with van der Waals surface area (Å²) in [5.74, 6) is 1.60. The summed E-state index contributed by atoms with van der Waals surface area (Å²) in [6.07, 6.45) is 1.36. The van der Waals surface area contributed by atoms with E-state index in [9.17, 15) is 10.2 Å². The maximum Gasteiger partial charge on any atom is 0.163 e. The Morgan fingerprint density at radius 3 is 2.72 bits per heavy atom. The Kier molecular flexibility index (Phi) is 9.67. The average Bonchev–Trinajstić information content (AvgIpc) is 2.84. The van der Waals surface area contributed by atoms with Crippen LogP contribution in [0.4, 0.5) is 5.82 Å². The molecule has 9 nitrogen and oxygen atoms in total. The van der Waals surface area contributed by atoms with E-state index >= 15 is 0 Å². The van der Waals surface area contributed by atoms with Crippen LogP contribution in [0.3, 0.4) is 0 Å². The second kappa shape index (κ2) is 12.5. The predicted molar refractivity (Wildman–Crippen MR) is 144 cm³/mol. The maximum absolute atomic E-state index is 10.4. The molecule has 1 aromatic heterocycles. The second-order valence-corrected chi connectivity index (χ2v) is 9.45. The summed E-state index contributed by atoms with van der Waals surface area (Å²) in [4.78, 5) is 11.8. The Hall–Kier alpha value is -2.72. The summed E-state index contributed by atoms with van der Waals surface area (Å²) in [5, 5.41) is 32.1. The van der Waals surface area contributed by atoms with E-state index in [0.29, 0.717) is 52.3 Å². The standard InChI is InChI=1S/C26H36ClN5O4/c1-15-24(23(16(2)28)17(3)33)30-25(31-26(15)32-10-6-7-20(13-32)35-5)21-11-19(8-9-22(21)27)36-14-18(34)12-29-4/h8-9,11,18,20,28-29,33-34H,6-7,10,12-14H2,1-5H3/b23-17+,28-16?/t18-,20?/m1/s1. The highest BCUT2D eigenvalue weighted by Gasteiger charge is 2.26. The second-order valence-electron chi connectivity index (χ2n) is 9.04. The number of hydrogen-bond acceptors (Lipinski definition) is 9. The molecule has 1 aliphatic rings. The number of likely N-dealkylation sites (N-methyl/N-ethyl adjacent to an activating group) is 1.